The summed E-state index contributed by atoms with van der Waals surface area (Å²) in [6.07, 6.45) is 3.97. The van der Waals surface area contributed by atoms with Crippen molar-refractivity contribution in [3.63, 3.8) is 0 Å². The van der Waals surface area contributed by atoms with E-state index in [2.05, 4.69) is 15.3 Å². The molecule has 11 heteroatoms. The van der Waals surface area contributed by atoms with E-state index >= 15 is 0 Å². The number of fused-ring (bicyclic) bond motifs is 1. The van der Waals surface area contributed by atoms with Crippen LogP contribution in [0.3, 0.4) is 0 Å². The van der Waals surface area contributed by atoms with Gasteiger partial charge in [0.2, 0.25) is 5.91 Å². The lowest BCUT2D eigenvalue weighted by atomic mass is 10.0. The maximum Gasteiger partial charge on any atom is 0.275 e. The molecule has 1 aromatic carbocycles. The second kappa shape index (κ2) is 12.4. The summed E-state index contributed by atoms with van der Waals surface area (Å²) >= 11 is 0. The van der Waals surface area contributed by atoms with E-state index in [4.69, 9.17) is 14.2 Å². The van der Waals surface area contributed by atoms with Gasteiger partial charge in [-0.25, -0.2) is 4.98 Å². The van der Waals surface area contributed by atoms with E-state index in [1.807, 2.05) is 13.8 Å². The minimum atomic E-state index is -0.443. The molecule has 1 aliphatic rings. The fourth-order valence-electron chi connectivity index (χ4n) is 4.02. The molecule has 3 rings (SSSR count). The Hall–Kier alpha value is -3.57. The highest BCUT2D eigenvalue weighted by molar-refractivity contribution is 6.03. The molecule has 0 radical (unpaired) electrons. The summed E-state index contributed by atoms with van der Waals surface area (Å²) in [6, 6.07) is 4.51. The second-order valence-electron chi connectivity index (χ2n) is 8.83. The predicted octanol–water partition coefficient (Wildman–Crippen LogP) is 1.71. The summed E-state index contributed by atoms with van der Waals surface area (Å²) in [7, 11) is 4.76. The topological polar surface area (TPSA) is 123 Å². The summed E-state index contributed by atoms with van der Waals surface area (Å²) in [6.45, 7) is 4.67. The average Bonchev–Trinajstić information content (AvgIpc) is 2.88. The zero-order valence-electron chi connectivity index (χ0n) is 21.3. The lowest BCUT2D eigenvalue weighted by molar-refractivity contribution is -0.139. The maximum atomic E-state index is 13.3. The van der Waals surface area contributed by atoms with Crippen molar-refractivity contribution in [3.8, 4) is 5.75 Å². The van der Waals surface area contributed by atoms with Crippen molar-refractivity contribution in [2.24, 2.45) is 5.92 Å². The van der Waals surface area contributed by atoms with Crippen molar-refractivity contribution in [2.75, 3.05) is 52.9 Å². The number of hydrogen-bond acceptors (Lipinski definition) is 8. The molecule has 0 bridgehead atoms. The number of amides is 3. The third kappa shape index (κ3) is 6.55. The van der Waals surface area contributed by atoms with E-state index < -0.39 is 5.91 Å². The molecule has 2 heterocycles. The Bertz CT molecular complexity index is 1070. The van der Waals surface area contributed by atoms with Gasteiger partial charge in [0, 0.05) is 64.4 Å². The van der Waals surface area contributed by atoms with Crippen LogP contribution in [0.1, 0.15) is 34.7 Å². The van der Waals surface area contributed by atoms with E-state index in [9.17, 15) is 14.4 Å². The minimum Gasteiger partial charge on any atom is -0.491 e. The number of carbonyl (C=O) groups is 3. The largest absolute Gasteiger partial charge is 0.491 e. The lowest BCUT2D eigenvalue weighted by Gasteiger charge is -2.36. The summed E-state index contributed by atoms with van der Waals surface area (Å²) in [5.74, 6) is -0.613. The quantitative estimate of drug-likeness (QED) is 0.660. The van der Waals surface area contributed by atoms with Crippen LogP contribution in [-0.2, 0) is 14.3 Å². The van der Waals surface area contributed by atoms with Gasteiger partial charge < -0.3 is 29.3 Å². The first kappa shape index (κ1) is 27.0. The number of aromatic nitrogens is 2. The Balaban J connectivity index is 1.94. The van der Waals surface area contributed by atoms with E-state index in [0.717, 1.165) is 0 Å². The summed E-state index contributed by atoms with van der Waals surface area (Å²) in [5.41, 5.74) is 0.915. The van der Waals surface area contributed by atoms with Crippen molar-refractivity contribution in [1.82, 2.24) is 19.8 Å². The van der Waals surface area contributed by atoms with Gasteiger partial charge in [0.1, 0.15) is 24.7 Å². The molecule has 1 aromatic heterocycles. The highest BCUT2D eigenvalue weighted by Gasteiger charge is 2.30. The molecular weight excluding hydrogens is 466 g/mol. The van der Waals surface area contributed by atoms with Crippen LogP contribution in [-0.4, -0.2) is 97.2 Å². The monoisotopic (exact) mass is 499 g/mol. The molecule has 0 saturated carbocycles. The van der Waals surface area contributed by atoms with Gasteiger partial charge in [0.05, 0.1) is 23.9 Å². The number of likely N-dealkylation sites (N-methyl/N-ethyl adjacent to an activating group) is 1. The second-order valence-corrected chi connectivity index (χ2v) is 8.83. The van der Waals surface area contributed by atoms with Crippen molar-refractivity contribution in [3.05, 3.63) is 48.0 Å². The van der Waals surface area contributed by atoms with Gasteiger partial charge in [-0.3, -0.25) is 19.4 Å². The first-order chi connectivity index (χ1) is 17.2. The summed E-state index contributed by atoms with van der Waals surface area (Å²) in [4.78, 5) is 49.9. The van der Waals surface area contributed by atoms with Crippen molar-refractivity contribution < 1.29 is 28.6 Å². The van der Waals surface area contributed by atoms with Gasteiger partial charge in [-0.15, -0.1) is 0 Å². The van der Waals surface area contributed by atoms with E-state index in [1.54, 1.807) is 42.2 Å². The number of methoxy groups -OCH3 is 2. The maximum absolute atomic E-state index is 13.3. The van der Waals surface area contributed by atoms with Gasteiger partial charge in [-0.2, -0.15) is 0 Å². The van der Waals surface area contributed by atoms with E-state index in [0.29, 0.717) is 24.3 Å². The Morgan fingerprint density at radius 1 is 1.19 bits per heavy atom. The number of carbonyl (C=O) groups excluding carboxylic acids is 3. The molecular formula is C25H33N5O6. The van der Waals surface area contributed by atoms with Gasteiger partial charge in [0.25, 0.3) is 11.8 Å². The molecule has 0 saturated heterocycles. The Morgan fingerprint density at radius 3 is 2.64 bits per heavy atom. The van der Waals surface area contributed by atoms with Gasteiger partial charge >= 0.3 is 0 Å². The highest BCUT2D eigenvalue weighted by Crippen LogP contribution is 2.27. The fourth-order valence-corrected chi connectivity index (χ4v) is 4.02. The fraction of sp³-hybridized carbons (Fsp3) is 0.480. The zero-order valence-corrected chi connectivity index (χ0v) is 21.3. The Morgan fingerprint density at radius 2 is 1.97 bits per heavy atom. The molecule has 1 N–H and O–H groups in total. The predicted molar refractivity (Wildman–Crippen MR) is 132 cm³/mol. The highest BCUT2D eigenvalue weighted by atomic mass is 16.5. The molecule has 36 heavy (non-hydrogen) atoms. The number of ether oxygens (including phenoxy) is 3. The molecule has 2 aromatic rings. The normalized spacial score (nSPS) is 21.0. The van der Waals surface area contributed by atoms with Crippen LogP contribution in [0.4, 0.5) is 5.69 Å². The average molecular weight is 500 g/mol. The molecule has 194 valence electrons. The van der Waals surface area contributed by atoms with Crippen LogP contribution >= 0.6 is 0 Å². The Labute approximate surface area is 210 Å². The first-order valence-corrected chi connectivity index (χ1v) is 11.7. The molecule has 0 unspecified atom stereocenters. The molecule has 0 fully saturated rings. The first-order valence-electron chi connectivity index (χ1n) is 11.7. The number of rotatable bonds is 5. The smallest absolute Gasteiger partial charge is 0.275 e. The SMILES string of the molecule is COCC(=O)N1C[C@@H](C)[C@H](OC)CN(C)C(=O)c2ccc(NC(=O)c3cnccn3)cc2OC[C@H]1C. The van der Waals surface area contributed by atoms with Crippen LogP contribution in [0.15, 0.2) is 36.8 Å². The standard InChI is InChI=1S/C25H33N5O6/c1-16-12-30(23(31)15-34-4)17(2)14-36-21-10-18(28-24(32)20-11-26-8-9-27-20)6-7-19(21)25(33)29(3)13-22(16)35-5/h6-11,16-17,22H,12-15H2,1-5H3,(H,28,32)/t16-,17-,22-/m1/s1. The summed E-state index contributed by atoms with van der Waals surface area (Å²) in [5, 5.41) is 2.75. The molecule has 1 aliphatic heterocycles. The molecule has 0 aliphatic carbocycles. The third-order valence-corrected chi connectivity index (χ3v) is 6.09. The molecule has 3 amide bonds. The third-order valence-electron chi connectivity index (χ3n) is 6.09. The Kier molecular flexibility index (Phi) is 9.31. The number of nitrogens with zero attached hydrogens (tertiary/aromatic N) is 4. The van der Waals surface area contributed by atoms with Crippen molar-refractivity contribution in [1.29, 1.82) is 0 Å². The molecule has 0 spiro atoms. The van der Waals surface area contributed by atoms with Crippen LogP contribution < -0.4 is 10.1 Å². The number of nitrogens with one attached hydrogen (secondary N) is 1. The number of benzene rings is 1. The van der Waals surface area contributed by atoms with Gasteiger partial charge in [0.15, 0.2) is 0 Å². The van der Waals surface area contributed by atoms with Crippen molar-refractivity contribution in [2.45, 2.75) is 26.0 Å². The van der Waals surface area contributed by atoms with Crippen LogP contribution in [0.2, 0.25) is 0 Å². The summed E-state index contributed by atoms with van der Waals surface area (Å²) < 4.78 is 16.8. The zero-order chi connectivity index (χ0) is 26.2. The lowest BCUT2D eigenvalue weighted by Crippen LogP contribution is -2.49. The van der Waals surface area contributed by atoms with Crippen LogP contribution in [0.25, 0.3) is 0 Å². The van der Waals surface area contributed by atoms with Crippen LogP contribution in [0.5, 0.6) is 5.75 Å². The molecule has 11 nitrogen and oxygen atoms in total. The number of anilines is 1. The number of hydrogen-bond donors (Lipinski definition) is 1. The molecule has 3 atom stereocenters. The van der Waals surface area contributed by atoms with E-state index in [1.165, 1.54) is 25.7 Å². The van der Waals surface area contributed by atoms with E-state index in [-0.39, 0.29) is 54.5 Å². The minimum absolute atomic E-state index is 0.0499. The van der Waals surface area contributed by atoms with Crippen molar-refractivity contribution >= 4 is 23.4 Å². The van der Waals surface area contributed by atoms with Crippen LogP contribution in [0, 0.1) is 5.92 Å². The van der Waals surface area contributed by atoms with Gasteiger partial charge in [-0.05, 0) is 19.1 Å². The van der Waals surface area contributed by atoms with Gasteiger partial charge in [-0.1, -0.05) is 6.92 Å².